The molecule has 0 fully saturated rings. The average molecular weight is 241 g/mol. The predicted octanol–water partition coefficient (Wildman–Crippen LogP) is 1.87. The van der Waals surface area contributed by atoms with E-state index in [0.29, 0.717) is 23.9 Å². The first kappa shape index (κ1) is 13.9. The van der Waals surface area contributed by atoms with Gasteiger partial charge in [-0.2, -0.15) is 0 Å². The van der Waals surface area contributed by atoms with Crippen molar-refractivity contribution in [2.45, 2.75) is 32.9 Å². The number of hydrogen-bond acceptors (Lipinski definition) is 3. The van der Waals surface area contributed by atoms with Crippen LogP contribution in [0.5, 0.6) is 5.75 Å². The molecule has 0 aliphatic heterocycles. The smallest absolute Gasteiger partial charge is 0.129 e. The van der Waals surface area contributed by atoms with Crippen molar-refractivity contribution in [3.05, 3.63) is 29.6 Å². The summed E-state index contributed by atoms with van der Waals surface area (Å²) in [7, 11) is 0. The summed E-state index contributed by atoms with van der Waals surface area (Å²) < 4.78 is 18.5. The van der Waals surface area contributed by atoms with Crippen LogP contribution in [0.4, 0.5) is 4.39 Å². The molecule has 4 heteroatoms. The van der Waals surface area contributed by atoms with Gasteiger partial charge in [-0.15, -0.1) is 0 Å². The zero-order valence-corrected chi connectivity index (χ0v) is 10.5. The Labute approximate surface area is 102 Å². The third-order valence-electron chi connectivity index (χ3n) is 2.35. The number of aryl methyl sites for hydroxylation is 1. The summed E-state index contributed by atoms with van der Waals surface area (Å²) in [5, 5.41) is 12.7. The van der Waals surface area contributed by atoms with Crippen molar-refractivity contribution in [2.24, 2.45) is 0 Å². The molecule has 1 aromatic carbocycles. The van der Waals surface area contributed by atoms with Gasteiger partial charge in [-0.3, -0.25) is 0 Å². The van der Waals surface area contributed by atoms with E-state index < -0.39 is 6.10 Å². The molecule has 0 amide bonds. The first-order valence-corrected chi connectivity index (χ1v) is 5.79. The maximum atomic E-state index is 13.2. The van der Waals surface area contributed by atoms with Crippen molar-refractivity contribution in [1.29, 1.82) is 0 Å². The third kappa shape index (κ3) is 5.15. The minimum Gasteiger partial charge on any atom is -0.491 e. The third-order valence-corrected chi connectivity index (χ3v) is 2.35. The second-order valence-electron chi connectivity index (χ2n) is 4.44. The van der Waals surface area contributed by atoms with Gasteiger partial charge >= 0.3 is 0 Å². The Hall–Kier alpha value is -1.13. The quantitative estimate of drug-likeness (QED) is 0.799. The number of rotatable bonds is 6. The van der Waals surface area contributed by atoms with E-state index in [2.05, 4.69) is 5.32 Å². The van der Waals surface area contributed by atoms with Crippen LogP contribution in [0, 0.1) is 12.7 Å². The molecule has 0 heterocycles. The van der Waals surface area contributed by atoms with E-state index in [9.17, 15) is 9.50 Å². The van der Waals surface area contributed by atoms with E-state index in [1.54, 1.807) is 19.1 Å². The van der Waals surface area contributed by atoms with E-state index in [-0.39, 0.29) is 12.4 Å². The summed E-state index contributed by atoms with van der Waals surface area (Å²) in [5.74, 6) is 0.147. The number of aliphatic hydroxyl groups excluding tert-OH is 1. The summed E-state index contributed by atoms with van der Waals surface area (Å²) in [5.41, 5.74) is 0.583. The molecule has 3 nitrogen and oxygen atoms in total. The Morgan fingerprint density at radius 3 is 2.71 bits per heavy atom. The van der Waals surface area contributed by atoms with Gasteiger partial charge in [0.25, 0.3) is 0 Å². The molecule has 0 saturated heterocycles. The maximum Gasteiger partial charge on any atom is 0.129 e. The molecular formula is C13H20FNO2. The lowest BCUT2D eigenvalue weighted by molar-refractivity contribution is 0.104. The van der Waals surface area contributed by atoms with Crippen molar-refractivity contribution in [2.75, 3.05) is 13.2 Å². The predicted molar refractivity (Wildman–Crippen MR) is 65.8 cm³/mol. The molecular weight excluding hydrogens is 221 g/mol. The van der Waals surface area contributed by atoms with E-state index in [4.69, 9.17) is 4.74 Å². The van der Waals surface area contributed by atoms with Crippen molar-refractivity contribution in [3.63, 3.8) is 0 Å². The van der Waals surface area contributed by atoms with Crippen LogP contribution in [0.2, 0.25) is 0 Å². The lowest BCUT2D eigenvalue weighted by Gasteiger charge is -2.15. The van der Waals surface area contributed by atoms with Gasteiger partial charge in [-0.1, -0.05) is 19.9 Å². The van der Waals surface area contributed by atoms with Crippen molar-refractivity contribution in [3.8, 4) is 5.75 Å². The highest BCUT2D eigenvalue weighted by Crippen LogP contribution is 2.15. The van der Waals surface area contributed by atoms with Crippen LogP contribution >= 0.6 is 0 Å². The summed E-state index contributed by atoms with van der Waals surface area (Å²) in [6.07, 6.45) is -0.596. The Kier molecular flexibility index (Phi) is 5.38. The first-order chi connectivity index (χ1) is 7.99. The normalized spacial score (nSPS) is 12.8. The van der Waals surface area contributed by atoms with Crippen LogP contribution in [0.3, 0.4) is 0 Å². The van der Waals surface area contributed by atoms with E-state index in [1.807, 2.05) is 13.8 Å². The van der Waals surface area contributed by atoms with Crippen LogP contribution in [-0.4, -0.2) is 30.4 Å². The summed E-state index contributed by atoms with van der Waals surface area (Å²) in [6, 6.07) is 5.00. The monoisotopic (exact) mass is 241 g/mol. The first-order valence-electron chi connectivity index (χ1n) is 5.79. The number of benzene rings is 1. The summed E-state index contributed by atoms with van der Waals surface area (Å²) >= 11 is 0. The lowest BCUT2D eigenvalue weighted by atomic mass is 10.2. The van der Waals surface area contributed by atoms with Crippen LogP contribution in [0.25, 0.3) is 0 Å². The van der Waals surface area contributed by atoms with E-state index in [0.717, 1.165) is 0 Å². The second kappa shape index (κ2) is 6.57. The molecule has 0 spiro atoms. The van der Waals surface area contributed by atoms with Gasteiger partial charge in [0.2, 0.25) is 0 Å². The molecule has 96 valence electrons. The molecule has 0 bridgehead atoms. The molecule has 2 N–H and O–H groups in total. The summed E-state index contributed by atoms with van der Waals surface area (Å²) in [6.45, 7) is 6.32. The number of nitrogens with one attached hydrogen (secondary N) is 1. The van der Waals surface area contributed by atoms with Crippen LogP contribution < -0.4 is 10.1 Å². The molecule has 1 atom stereocenters. The van der Waals surface area contributed by atoms with Gasteiger partial charge in [0.15, 0.2) is 0 Å². The maximum absolute atomic E-state index is 13.2. The molecule has 1 unspecified atom stereocenters. The fourth-order valence-electron chi connectivity index (χ4n) is 1.29. The number of halogens is 1. The van der Waals surface area contributed by atoms with Gasteiger partial charge in [0, 0.05) is 18.7 Å². The van der Waals surface area contributed by atoms with Gasteiger partial charge in [-0.05, 0) is 18.6 Å². The molecule has 17 heavy (non-hydrogen) atoms. The Bertz CT molecular complexity index is 355. The van der Waals surface area contributed by atoms with Gasteiger partial charge in [0.1, 0.15) is 24.3 Å². The van der Waals surface area contributed by atoms with Gasteiger partial charge in [-0.25, -0.2) is 4.39 Å². The zero-order chi connectivity index (χ0) is 12.8. The molecule has 0 aliphatic rings. The summed E-state index contributed by atoms with van der Waals surface area (Å²) in [4.78, 5) is 0. The molecule has 1 rings (SSSR count). The van der Waals surface area contributed by atoms with Gasteiger partial charge < -0.3 is 15.2 Å². The molecule has 1 aromatic rings. The highest BCUT2D eigenvalue weighted by molar-refractivity contribution is 5.27. The SMILES string of the molecule is Cc1ccc(OCC(O)CNC(C)C)cc1F. The van der Waals surface area contributed by atoms with Crippen LogP contribution in [0.1, 0.15) is 19.4 Å². The zero-order valence-electron chi connectivity index (χ0n) is 10.5. The fraction of sp³-hybridized carbons (Fsp3) is 0.538. The topological polar surface area (TPSA) is 41.5 Å². The Morgan fingerprint density at radius 2 is 2.12 bits per heavy atom. The molecule has 0 radical (unpaired) electrons. The molecule has 0 aromatic heterocycles. The average Bonchev–Trinajstić information content (AvgIpc) is 2.28. The molecule has 0 saturated carbocycles. The van der Waals surface area contributed by atoms with Gasteiger partial charge in [0.05, 0.1) is 0 Å². The lowest BCUT2D eigenvalue weighted by Crippen LogP contribution is -2.35. The fourth-order valence-corrected chi connectivity index (χ4v) is 1.29. The Balaban J connectivity index is 2.36. The van der Waals surface area contributed by atoms with Crippen LogP contribution in [0.15, 0.2) is 18.2 Å². The standard InChI is InChI=1S/C13H20FNO2/c1-9(2)15-7-11(16)8-17-12-5-4-10(3)13(14)6-12/h4-6,9,11,15-16H,7-8H2,1-3H3. The minimum absolute atomic E-state index is 0.155. The van der Waals surface area contributed by atoms with Crippen molar-refractivity contribution < 1.29 is 14.2 Å². The number of hydrogen-bond donors (Lipinski definition) is 2. The highest BCUT2D eigenvalue weighted by Gasteiger charge is 2.07. The largest absolute Gasteiger partial charge is 0.491 e. The molecule has 0 aliphatic carbocycles. The number of aliphatic hydroxyl groups is 1. The van der Waals surface area contributed by atoms with Crippen molar-refractivity contribution >= 4 is 0 Å². The highest BCUT2D eigenvalue weighted by atomic mass is 19.1. The second-order valence-corrected chi connectivity index (χ2v) is 4.44. The number of ether oxygens (including phenoxy) is 1. The van der Waals surface area contributed by atoms with Crippen molar-refractivity contribution in [1.82, 2.24) is 5.32 Å². The van der Waals surface area contributed by atoms with Crippen LogP contribution in [-0.2, 0) is 0 Å². The van der Waals surface area contributed by atoms with E-state index >= 15 is 0 Å². The van der Waals surface area contributed by atoms with E-state index in [1.165, 1.54) is 6.07 Å². The Morgan fingerprint density at radius 1 is 1.41 bits per heavy atom. The minimum atomic E-state index is -0.596.